The lowest BCUT2D eigenvalue weighted by Crippen LogP contribution is -2.63. The third-order valence-electron chi connectivity index (χ3n) is 8.41. The van der Waals surface area contributed by atoms with Crippen LogP contribution in [0.3, 0.4) is 0 Å². The van der Waals surface area contributed by atoms with Gasteiger partial charge >= 0.3 is 0 Å². The minimum absolute atomic E-state index is 0.179. The zero-order valence-electron chi connectivity index (χ0n) is 19.5. The highest BCUT2D eigenvalue weighted by Crippen LogP contribution is 2.53. The molecule has 6 rings (SSSR count). The lowest BCUT2D eigenvalue weighted by Gasteiger charge is -2.60. The molecule has 3 atom stereocenters. The van der Waals surface area contributed by atoms with Gasteiger partial charge in [0, 0.05) is 38.2 Å². The Labute approximate surface area is 196 Å². The summed E-state index contributed by atoms with van der Waals surface area (Å²) in [5.41, 5.74) is 3.54. The lowest BCUT2D eigenvalue weighted by atomic mass is 9.57. The highest BCUT2D eigenvalue weighted by molar-refractivity contribution is 5.78. The van der Waals surface area contributed by atoms with E-state index < -0.39 is 0 Å². The predicted octanol–water partition coefficient (Wildman–Crippen LogP) is 4.61. The van der Waals surface area contributed by atoms with Crippen LogP contribution in [0.15, 0.2) is 48.6 Å². The molecule has 1 aromatic carbocycles. The zero-order chi connectivity index (χ0) is 22.4. The van der Waals surface area contributed by atoms with Gasteiger partial charge in [-0.2, -0.15) is 0 Å². The number of rotatable bonds is 8. The number of likely N-dealkylation sites (tertiary alicyclic amines) is 1. The first kappa shape index (κ1) is 21.0. The molecule has 1 spiro atoms. The average molecular weight is 443 g/mol. The van der Waals surface area contributed by atoms with E-state index in [9.17, 15) is 4.79 Å². The first-order chi connectivity index (χ1) is 16.0. The molecule has 3 unspecified atom stereocenters. The van der Waals surface area contributed by atoms with Gasteiger partial charge in [0.1, 0.15) is 11.6 Å². The Hall–Kier alpha value is -2.53. The van der Waals surface area contributed by atoms with Crippen LogP contribution in [-0.4, -0.2) is 47.1 Å². The van der Waals surface area contributed by atoms with Gasteiger partial charge in [0.05, 0.1) is 5.69 Å². The van der Waals surface area contributed by atoms with E-state index in [4.69, 9.17) is 0 Å². The predicted molar refractivity (Wildman–Crippen MR) is 131 cm³/mol. The van der Waals surface area contributed by atoms with Crippen molar-refractivity contribution >= 4 is 11.6 Å². The zero-order valence-corrected chi connectivity index (χ0v) is 19.5. The Morgan fingerprint density at radius 2 is 1.88 bits per heavy atom. The summed E-state index contributed by atoms with van der Waals surface area (Å²) in [6.07, 6.45) is 11.0. The Balaban J connectivity index is 0.930. The summed E-state index contributed by atoms with van der Waals surface area (Å²) in [6, 6.07) is 12.1. The molecule has 2 aromatic rings. The van der Waals surface area contributed by atoms with Crippen LogP contribution >= 0.6 is 0 Å². The highest BCUT2D eigenvalue weighted by Gasteiger charge is 2.52. The van der Waals surface area contributed by atoms with Gasteiger partial charge in [-0.15, -0.1) is 10.2 Å². The minimum atomic E-state index is 0.179. The fraction of sp³-hybridized carbons (Fsp3) is 0.536. The number of hydrogen-bond donors (Lipinski definition) is 1. The molecule has 5 nitrogen and oxygen atoms in total. The van der Waals surface area contributed by atoms with Crippen molar-refractivity contribution in [1.82, 2.24) is 15.1 Å². The van der Waals surface area contributed by atoms with Crippen molar-refractivity contribution in [1.29, 1.82) is 0 Å². The van der Waals surface area contributed by atoms with Gasteiger partial charge in [-0.3, -0.25) is 4.79 Å². The molecule has 1 aromatic heterocycles. The molecule has 0 amide bonds. The molecular weight excluding hydrogens is 408 g/mol. The third kappa shape index (κ3) is 4.35. The Bertz CT molecular complexity index is 1030. The smallest absolute Gasteiger partial charge is 0.148 e. The van der Waals surface area contributed by atoms with Crippen LogP contribution in [0.1, 0.15) is 38.2 Å². The second-order valence-corrected chi connectivity index (χ2v) is 11.2. The van der Waals surface area contributed by atoms with Crippen LogP contribution in [0.5, 0.6) is 0 Å². The van der Waals surface area contributed by atoms with Crippen LogP contribution in [0.25, 0.3) is 11.3 Å². The maximum atomic E-state index is 11.3. The first-order valence-electron chi connectivity index (χ1n) is 12.6. The summed E-state index contributed by atoms with van der Waals surface area (Å²) >= 11 is 0. The summed E-state index contributed by atoms with van der Waals surface area (Å²) in [4.78, 5) is 14.0. The van der Waals surface area contributed by atoms with Crippen molar-refractivity contribution in [2.45, 2.75) is 39.0 Å². The molecular formula is C28H34N4O. The molecule has 2 bridgehead atoms. The molecule has 2 saturated carbocycles. The van der Waals surface area contributed by atoms with Gasteiger partial charge in [0.15, 0.2) is 0 Å². The van der Waals surface area contributed by atoms with Gasteiger partial charge in [0.2, 0.25) is 0 Å². The number of anilines is 1. The van der Waals surface area contributed by atoms with Crippen molar-refractivity contribution in [2.24, 2.45) is 29.1 Å². The van der Waals surface area contributed by atoms with E-state index in [-0.39, 0.29) is 5.78 Å². The number of benzene rings is 1. The van der Waals surface area contributed by atoms with E-state index in [2.05, 4.69) is 32.6 Å². The van der Waals surface area contributed by atoms with Gasteiger partial charge in [-0.05, 0) is 79.4 Å². The van der Waals surface area contributed by atoms with Crippen LogP contribution in [0.4, 0.5) is 5.82 Å². The van der Waals surface area contributed by atoms with Crippen molar-refractivity contribution in [2.75, 3.05) is 31.5 Å². The van der Waals surface area contributed by atoms with Crippen LogP contribution < -0.4 is 5.32 Å². The Morgan fingerprint density at radius 1 is 1.06 bits per heavy atom. The molecule has 2 heterocycles. The second kappa shape index (κ2) is 8.35. The number of fused-ring (bicyclic) bond motifs is 2. The maximum absolute atomic E-state index is 11.3. The van der Waals surface area contributed by atoms with Gasteiger partial charge < -0.3 is 10.2 Å². The summed E-state index contributed by atoms with van der Waals surface area (Å²) < 4.78 is 0. The van der Waals surface area contributed by atoms with Gasteiger partial charge in [-0.25, -0.2) is 0 Å². The van der Waals surface area contributed by atoms with Crippen molar-refractivity contribution in [3.8, 4) is 11.3 Å². The molecule has 4 aliphatic rings. The Kier molecular flexibility index (Phi) is 5.33. The maximum Gasteiger partial charge on any atom is 0.148 e. The Morgan fingerprint density at radius 3 is 2.52 bits per heavy atom. The van der Waals surface area contributed by atoms with E-state index in [0.29, 0.717) is 11.8 Å². The molecule has 33 heavy (non-hydrogen) atoms. The molecule has 1 saturated heterocycles. The van der Waals surface area contributed by atoms with Crippen molar-refractivity contribution < 1.29 is 4.79 Å². The monoisotopic (exact) mass is 442 g/mol. The quantitative estimate of drug-likeness (QED) is 0.605. The van der Waals surface area contributed by atoms with E-state index in [0.717, 1.165) is 52.9 Å². The molecule has 0 radical (unpaired) electrons. The van der Waals surface area contributed by atoms with Crippen LogP contribution in [0, 0.1) is 29.1 Å². The second-order valence-electron chi connectivity index (χ2n) is 11.2. The number of nitrogens with one attached hydrogen (secondary N) is 1. The van der Waals surface area contributed by atoms with E-state index in [1.807, 2.05) is 36.4 Å². The number of allylic oxidation sites excluding steroid dienone is 2. The number of ketones is 1. The summed E-state index contributed by atoms with van der Waals surface area (Å²) in [6.45, 7) is 6.58. The number of carbonyl (C=O) groups excluding carboxylic acids is 1. The summed E-state index contributed by atoms with van der Waals surface area (Å²) in [7, 11) is 0. The number of Topliss-reactive ketones (excluding diaryl/α,β-unsaturated/α-hetero) is 1. The van der Waals surface area contributed by atoms with E-state index in [1.165, 1.54) is 45.3 Å². The van der Waals surface area contributed by atoms with Crippen molar-refractivity contribution in [3.63, 3.8) is 0 Å². The largest absolute Gasteiger partial charge is 0.368 e. The minimum Gasteiger partial charge on any atom is -0.368 e. The summed E-state index contributed by atoms with van der Waals surface area (Å²) in [5, 5.41) is 12.3. The first-order valence-corrected chi connectivity index (χ1v) is 12.6. The number of aromatic nitrogens is 2. The van der Waals surface area contributed by atoms with Crippen molar-refractivity contribution in [3.05, 3.63) is 54.1 Å². The van der Waals surface area contributed by atoms with E-state index in [1.54, 1.807) is 6.92 Å². The third-order valence-corrected chi connectivity index (χ3v) is 8.41. The fourth-order valence-electron chi connectivity index (χ4n) is 6.95. The standard InChI is InChI=1S/C28H34N4O/c1-19(33)10-20-2-5-23(6-3-20)26-8-9-27(31-30-26)29-15-22-13-28(14-22)17-32(18-28)16-25-12-21-4-7-24(25)11-21/h2-9,21-22,24-25H,10-18H2,1H3,(H,29,31). The van der Waals surface area contributed by atoms with E-state index >= 15 is 0 Å². The van der Waals surface area contributed by atoms with Gasteiger partial charge in [0.25, 0.3) is 0 Å². The summed E-state index contributed by atoms with van der Waals surface area (Å²) in [5.74, 6) is 4.49. The molecule has 3 aliphatic carbocycles. The van der Waals surface area contributed by atoms with Crippen LogP contribution in [0.2, 0.25) is 0 Å². The van der Waals surface area contributed by atoms with Crippen LogP contribution in [-0.2, 0) is 11.2 Å². The topological polar surface area (TPSA) is 58.1 Å². The molecule has 1 aliphatic heterocycles. The molecule has 3 fully saturated rings. The number of hydrogen-bond acceptors (Lipinski definition) is 5. The molecule has 5 heteroatoms. The fourth-order valence-corrected chi connectivity index (χ4v) is 6.95. The molecule has 172 valence electrons. The number of nitrogens with zero attached hydrogens (tertiary/aromatic N) is 3. The van der Waals surface area contributed by atoms with Gasteiger partial charge in [-0.1, -0.05) is 36.4 Å². The lowest BCUT2D eigenvalue weighted by molar-refractivity contribution is -0.116. The average Bonchev–Trinajstić information content (AvgIpc) is 3.38. The SMILES string of the molecule is CC(=O)Cc1ccc(-c2ccc(NCC3CC4(C3)CN(CC3CC5C=CC3C5)C4)nn2)cc1. The normalized spacial score (nSPS) is 27.5. The number of carbonyl (C=O) groups is 1. The molecule has 1 N–H and O–H groups in total. The highest BCUT2D eigenvalue weighted by atomic mass is 16.1.